The van der Waals surface area contributed by atoms with Gasteiger partial charge in [0, 0.05) is 24.8 Å². The van der Waals surface area contributed by atoms with Gasteiger partial charge in [-0.1, -0.05) is 12.8 Å². The summed E-state index contributed by atoms with van der Waals surface area (Å²) in [5.74, 6) is 0. The molecule has 1 aromatic carbocycles. The number of hydrogen-bond acceptors (Lipinski definition) is 4. The highest BCUT2D eigenvalue weighted by Crippen LogP contribution is 2.37. The smallest absolute Gasteiger partial charge is 0.370 e. The molecular formula is C18H26F3N3O2S. The van der Waals surface area contributed by atoms with Crippen molar-refractivity contribution in [1.82, 2.24) is 4.90 Å². The zero-order valence-corrected chi connectivity index (χ0v) is 16.0. The lowest BCUT2D eigenvalue weighted by atomic mass is 10.0. The van der Waals surface area contributed by atoms with Gasteiger partial charge in [-0.2, -0.15) is 13.2 Å². The van der Waals surface area contributed by atoms with Crippen molar-refractivity contribution in [3.8, 4) is 0 Å². The van der Waals surface area contributed by atoms with Crippen molar-refractivity contribution < 1.29 is 21.6 Å². The quantitative estimate of drug-likeness (QED) is 0.839. The van der Waals surface area contributed by atoms with E-state index in [-0.39, 0.29) is 0 Å². The van der Waals surface area contributed by atoms with Crippen LogP contribution in [0.2, 0.25) is 0 Å². The van der Waals surface area contributed by atoms with Gasteiger partial charge in [0.15, 0.2) is 0 Å². The highest BCUT2D eigenvalue weighted by Gasteiger charge is 2.37. The molecule has 152 valence electrons. The minimum atomic E-state index is -4.78. The van der Waals surface area contributed by atoms with Gasteiger partial charge in [0.1, 0.15) is 0 Å². The van der Waals surface area contributed by atoms with E-state index in [4.69, 9.17) is 5.14 Å². The molecule has 0 aromatic heterocycles. The van der Waals surface area contributed by atoms with Crippen LogP contribution < -0.4 is 10.0 Å². The van der Waals surface area contributed by atoms with Crippen molar-refractivity contribution in [3.63, 3.8) is 0 Å². The van der Waals surface area contributed by atoms with Crippen molar-refractivity contribution in [2.24, 2.45) is 5.14 Å². The molecule has 0 amide bonds. The van der Waals surface area contributed by atoms with Crippen LogP contribution in [0.4, 0.5) is 18.9 Å². The molecule has 0 radical (unpaired) electrons. The van der Waals surface area contributed by atoms with E-state index in [1.165, 1.54) is 18.9 Å². The lowest BCUT2D eigenvalue weighted by Gasteiger charge is -2.40. The van der Waals surface area contributed by atoms with Gasteiger partial charge >= 0.3 is 6.18 Å². The maximum absolute atomic E-state index is 13.4. The molecule has 1 unspecified atom stereocenters. The van der Waals surface area contributed by atoms with Gasteiger partial charge in [0.25, 0.3) is 0 Å². The molecule has 1 atom stereocenters. The van der Waals surface area contributed by atoms with Crippen molar-refractivity contribution in [2.75, 3.05) is 31.1 Å². The number of halogens is 3. The molecule has 0 bridgehead atoms. The Bertz CT molecular complexity index is 760. The molecule has 2 fully saturated rings. The van der Waals surface area contributed by atoms with E-state index in [0.29, 0.717) is 24.8 Å². The molecule has 2 N–H and O–H groups in total. The van der Waals surface area contributed by atoms with E-state index in [9.17, 15) is 21.6 Å². The number of likely N-dealkylation sites (tertiary alicyclic amines) is 1. The van der Waals surface area contributed by atoms with Crippen molar-refractivity contribution in [2.45, 2.75) is 55.6 Å². The second-order valence-corrected chi connectivity index (χ2v) is 8.95. The number of alkyl halides is 3. The van der Waals surface area contributed by atoms with Crippen LogP contribution in [0, 0.1) is 0 Å². The Hall–Kier alpha value is -1.32. The normalized spacial score (nSPS) is 23.3. The van der Waals surface area contributed by atoms with Crippen LogP contribution >= 0.6 is 0 Å². The summed E-state index contributed by atoms with van der Waals surface area (Å²) in [4.78, 5) is 3.52. The van der Waals surface area contributed by atoms with Gasteiger partial charge in [0.05, 0.1) is 10.5 Å². The summed E-state index contributed by atoms with van der Waals surface area (Å²) in [6.07, 6.45) is 1.96. The molecular weight excluding hydrogens is 379 g/mol. The zero-order valence-electron chi connectivity index (χ0n) is 15.2. The number of sulfonamides is 1. The molecule has 2 aliphatic rings. The number of nitrogens with two attached hydrogens (primary N) is 1. The second-order valence-electron chi connectivity index (χ2n) is 7.42. The molecule has 0 aliphatic carbocycles. The average Bonchev–Trinajstić information content (AvgIpc) is 2.89. The lowest BCUT2D eigenvalue weighted by Crippen LogP contribution is -2.48. The summed E-state index contributed by atoms with van der Waals surface area (Å²) in [6, 6.07) is 3.65. The summed E-state index contributed by atoms with van der Waals surface area (Å²) in [6.45, 7) is 3.40. The first kappa shape index (κ1) is 20.4. The molecule has 0 saturated carbocycles. The van der Waals surface area contributed by atoms with E-state index in [1.807, 2.05) is 4.90 Å². The zero-order chi connectivity index (χ0) is 19.7. The number of anilines is 1. The minimum Gasteiger partial charge on any atom is -0.370 e. The third kappa shape index (κ3) is 4.94. The Labute approximate surface area is 158 Å². The standard InChI is InChI=1S/C18H26F3N3O2S/c19-18(20,21)16-12-14(7-8-17(16)27(22,25)26)24-11-5-6-15(13-24)23-9-3-1-2-4-10-23/h7-8,12,15H,1-6,9-11,13H2,(H2,22,25,26). The van der Waals surface area contributed by atoms with Gasteiger partial charge < -0.3 is 4.90 Å². The molecule has 2 aliphatic heterocycles. The van der Waals surface area contributed by atoms with E-state index < -0.39 is 26.7 Å². The van der Waals surface area contributed by atoms with Crippen molar-refractivity contribution in [1.29, 1.82) is 0 Å². The van der Waals surface area contributed by atoms with Gasteiger partial charge in [-0.15, -0.1) is 0 Å². The minimum absolute atomic E-state index is 0.323. The Kier molecular flexibility index (Phi) is 6.02. The summed E-state index contributed by atoms with van der Waals surface area (Å²) in [7, 11) is -4.44. The van der Waals surface area contributed by atoms with Crippen LogP contribution in [0.1, 0.15) is 44.1 Å². The van der Waals surface area contributed by atoms with Gasteiger partial charge in [-0.3, -0.25) is 4.90 Å². The fourth-order valence-electron chi connectivity index (χ4n) is 4.13. The average molecular weight is 405 g/mol. The molecule has 2 heterocycles. The highest BCUT2D eigenvalue weighted by molar-refractivity contribution is 7.89. The summed E-state index contributed by atoms with van der Waals surface area (Å²) < 4.78 is 63.2. The van der Waals surface area contributed by atoms with E-state index in [2.05, 4.69) is 4.90 Å². The second kappa shape index (κ2) is 7.97. The highest BCUT2D eigenvalue weighted by atomic mass is 32.2. The van der Waals surface area contributed by atoms with Crippen LogP contribution in [-0.2, 0) is 16.2 Å². The third-order valence-electron chi connectivity index (χ3n) is 5.49. The molecule has 0 spiro atoms. The van der Waals surface area contributed by atoms with E-state index in [0.717, 1.165) is 50.9 Å². The number of piperidine rings is 1. The number of nitrogens with zero attached hydrogens (tertiary/aromatic N) is 2. The Morgan fingerprint density at radius 1 is 1.00 bits per heavy atom. The molecule has 27 heavy (non-hydrogen) atoms. The van der Waals surface area contributed by atoms with Gasteiger partial charge in [0.2, 0.25) is 10.0 Å². The van der Waals surface area contributed by atoms with Crippen LogP contribution in [0.15, 0.2) is 23.1 Å². The largest absolute Gasteiger partial charge is 0.417 e. The fraction of sp³-hybridized carbons (Fsp3) is 0.667. The summed E-state index contributed by atoms with van der Waals surface area (Å²) >= 11 is 0. The lowest BCUT2D eigenvalue weighted by molar-refractivity contribution is -0.139. The topological polar surface area (TPSA) is 66.6 Å². The summed E-state index contributed by atoms with van der Waals surface area (Å²) in [5, 5.41) is 4.97. The van der Waals surface area contributed by atoms with Gasteiger partial charge in [-0.05, 0) is 57.0 Å². The van der Waals surface area contributed by atoms with Crippen molar-refractivity contribution in [3.05, 3.63) is 23.8 Å². The first-order valence-corrected chi connectivity index (χ1v) is 10.9. The molecule has 1 aromatic rings. The maximum Gasteiger partial charge on any atom is 0.417 e. The van der Waals surface area contributed by atoms with E-state index in [1.54, 1.807) is 0 Å². The predicted molar refractivity (Wildman–Crippen MR) is 98.1 cm³/mol. The van der Waals surface area contributed by atoms with E-state index >= 15 is 0 Å². The maximum atomic E-state index is 13.4. The fourth-order valence-corrected chi connectivity index (χ4v) is 4.87. The number of benzene rings is 1. The number of hydrogen-bond donors (Lipinski definition) is 1. The van der Waals surface area contributed by atoms with Crippen molar-refractivity contribution >= 4 is 15.7 Å². The van der Waals surface area contributed by atoms with Crippen LogP contribution in [0.3, 0.4) is 0 Å². The monoisotopic (exact) mass is 405 g/mol. The summed E-state index contributed by atoms with van der Waals surface area (Å²) in [5.41, 5.74) is -0.798. The molecule has 5 nitrogen and oxygen atoms in total. The third-order valence-corrected chi connectivity index (χ3v) is 6.46. The first-order chi connectivity index (χ1) is 12.7. The Balaban J connectivity index is 1.85. The number of rotatable bonds is 3. The van der Waals surface area contributed by atoms with Crippen LogP contribution in [0.25, 0.3) is 0 Å². The Morgan fingerprint density at radius 2 is 1.67 bits per heavy atom. The molecule has 2 saturated heterocycles. The van der Waals surface area contributed by atoms with Crippen LogP contribution in [-0.4, -0.2) is 45.5 Å². The molecule has 9 heteroatoms. The molecule has 3 rings (SSSR count). The Morgan fingerprint density at radius 3 is 2.26 bits per heavy atom. The SMILES string of the molecule is NS(=O)(=O)c1ccc(N2CCCC(N3CCCCCC3)C2)cc1C(F)(F)F. The first-order valence-electron chi connectivity index (χ1n) is 9.39. The van der Waals surface area contributed by atoms with Gasteiger partial charge in [-0.25, -0.2) is 13.6 Å². The van der Waals surface area contributed by atoms with Crippen LogP contribution in [0.5, 0.6) is 0 Å². The number of primary sulfonamides is 1. The predicted octanol–water partition coefficient (Wildman–Crippen LogP) is 3.20.